The average Bonchev–Trinajstić information content (AvgIpc) is 2.87. The number of aromatic carboxylic acids is 1. The number of carboxylic acids is 1. The van der Waals surface area contributed by atoms with Gasteiger partial charge in [-0.3, -0.25) is 0 Å². The van der Waals surface area contributed by atoms with Gasteiger partial charge in [0.05, 0.1) is 28.3 Å². The molecule has 5 N–H and O–H groups in total. The number of carbonyl (C=O) groups is 1. The summed E-state index contributed by atoms with van der Waals surface area (Å²) in [6, 6.07) is 13.3. The maximum Gasteiger partial charge on any atom is 0.338 e. The number of rotatable bonds is 5. The Kier molecular flexibility index (Phi) is 6.27. The maximum atomic E-state index is 11.9. The first-order valence-electron chi connectivity index (χ1n) is 12.0. The number of carboxylic acid groups (broad SMARTS) is 1. The maximum absolute atomic E-state index is 11.9. The highest BCUT2D eigenvalue weighted by Crippen LogP contribution is 2.42. The van der Waals surface area contributed by atoms with Crippen LogP contribution < -0.4 is 11.5 Å². The molecule has 8 heteroatoms. The molecule has 5 rings (SSSR count). The summed E-state index contributed by atoms with van der Waals surface area (Å²) in [7, 11) is 0. The molecule has 35 heavy (non-hydrogen) atoms. The van der Waals surface area contributed by atoms with E-state index in [1.54, 1.807) is 0 Å². The van der Waals surface area contributed by atoms with E-state index in [9.17, 15) is 9.90 Å². The van der Waals surface area contributed by atoms with Crippen LogP contribution in [0.5, 0.6) is 0 Å². The summed E-state index contributed by atoms with van der Waals surface area (Å²) in [5.41, 5.74) is 19.2. The Balaban J connectivity index is 1.49. The SMILES string of the molecule is Nc1cc(C(=O)O)c(N=Nc2ccc3c(c2)CCCC3)c(N)c1N=Nc1ccc2c(c1)CCCC2. The van der Waals surface area contributed by atoms with Gasteiger partial charge in [0.2, 0.25) is 0 Å². The molecular formula is C27H28N6O2. The summed E-state index contributed by atoms with van der Waals surface area (Å²) >= 11 is 0. The molecule has 0 atom stereocenters. The van der Waals surface area contributed by atoms with Crippen LogP contribution >= 0.6 is 0 Å². The summed E-state index contributed by atoms with van der Waals surface area (Å²) in [5.74, 6) is -1.19. The van der Waals surface area contributed by atoms with E-state index in [0.717, 1.165) is 32.1 Å². The predicted molar refractivity (Wildman–Crippen MR) is 137 cm³/mol. The molecule has 0 heterocycles. The van der Waals surface area contributed by atoms with Crippen LogP contribution in [0.4, 0.5) is 34.1 Å². The number of nitrogens with zero attached hydrogens (tertiary/aromatic N) is 4. The molecule has 0 bridgehead atoms. The van der Waals surface area contributed by atoms with E-state index in [1.807, 2.05) is 24.3 Å². The van der Waals surface area contributed by atoms with Crippen molar-refractivity contribution >= 4 is 40.1 Å². The van der Waals surface area contributed by atoms with Crippen molar-refractivity contribution < 1.29 is 9.90 Å². The first-order valence-corrected chi connectivity index (χ1v) is 12.0. The molecule has 0 unspecified atom stereocenters. The Labute approximate surface area is 203 Å². The second-order valence-corrected chi connectivity index (χ2v) is 9.15. The molecular weight excluding hydrogens is 440 g/mol. The van der Waals surface area contributed by atoms with Crippen LogP contribution in [0, 0.1) is 0 Å². The van der Waals surface area contributed by atoms with Crippen molar-refractivity contribution in [1.29, 1.82) is 0 Å². The Hall–Kier alpha value is -4.07. The minimum absolute atomic E-state index is 0.0174. The Bertz CT molecular complexity index is 1360. The molecule has 8 nitrogen and oxygen atoms in total. The summed E-state index contributed by atoms with van der Waals surface area (Å²) in [6.45, 7) is 0. The van der Waals surface area contributed by atoms with Gasteiger partial charge in [0.25, 0.3) is 0 Å². The second-order valence-electron chi connectivity index (χ2n) is 9.15. The second kappa shape index (κ2) is 9.66. The van der Waals surface area contributed by atoms with Crippen molar-refractivity contribution in [2.24, 2.45) is 20.5 Å². The van der Waals surface area contributed by atoms with Crippen LogP contribution in [0.2, 0.25) is 0 Å². The van der Waals surface area contributed by atoms with Crippen LogP contribution in [-0.4, -0.2) is 11.1 Å². The number of hydrogen-bond donors (Lipinski definition) is 3. The van der Waals surface area contributed by atoms with Gasteiger partial charge in [0, 0.05) is 0 Å². The van der Waals surface area contributed by atoms with Crippen molar-refractivity contribution in [3.8, 4) is 0 Å². The number of hydrogen-bond acceptors (Lipinski definition) is 7. The first-order chi connectivity index (χ1) is 17.0. The fraction of sp³-hybridized carbons (Fsp3) is 0.296. The first kappa shape index (κ1) is 22.7. The average molecular weight is 469 g/mol. The van der Waals surface area contributed by atoms with E-state index in [-0.39, 0.29) is 28.3 Å². The normalized spacial score (nSPS) is 15.3. The number of azo groups is 2. The minimum atomic E-state index is -1.19. The van der Waals surface area contributed by atoms with E-state index >= 15 is 0 Å². The lowest BCUT2D eigenvalue weighted by Gasteiger charge is -2.15. The van der Waals surface area contributed by atoms with Gasteiger partial charge in [-0.25, -0.2) is 4.79 Å². The summed E-state index contributed by atoms with van der Waals surface area (Å²) in [5, 5.41) is 26.8. The lowest BCUT2D eigenvalue weighted by molar-refractivity contribution is 0.0698. The van der Waals surface area contributed by atoms with Crippen LogP contribution in [-0.2, 0) is 25.7 Å². The van der Waals surface area contributed by atoms with Gasteiger partial charge in [-0.05, 0) is 104 Å². The van der Waals surface area contributed by atoms with Crippen LogP contribution in [0.15, 0.2) is 62.9 Å². The molecule has 0 aliphatic heterocycles. The molecule has 2 aliphatic rings. The molecule has 0 aromatic heterocycles. The van der Waals surface area contributed by atoms with Gasteiger partial charge in [-0.2, -0.15) is 10.2 Å². The molecule has 0 fully saturated rings. The van der Waals surface area contributed by atoms with Crippen molar-refractivity contribution in [2.75, 3.05) is 11.5 Å². The molecule has 3 aromatic rings. The molecule has 2 aliphatic carbocycles. The highest BCUT2D eigenvalue weighted by Gasteiger charge is 2.20. The lowest BCUT2D eigenvalue weighted by atomic mass is 9.91. The van der Waals surface area contributed by atoms with Crippen molar-refractivity contribution in [2.45, 2.75) is 51.4 Å². The van der Waals surface area contributed by atoms with E-state index in [2.05, 4.69) is 32.6 Å². The van der Waals surface area contributed by atoms with Crippen molar-refractivity contribution in [3.05, 3.63) is 70.3 Å². The zero-order chi connectivity index (χ0) is 24.4. The predicted octanol–water partition coefficient (Wildman–Crippen LogP) is 7.14. The van der Waals surface area contributed by atoms with Gasteiger partial charge in [-0.1, -0.05) is 12.1 Å². The zero-order valence-corrected chi connectivity index (χ0v) is 19.5. The Morgan fingerprint density at radius 3 is 1.66 bits per heavy atom. The summed E-state index contributed by atoms with van der Waals surface area (Å²) < 4.78 is 0. The van der Waals surface area contributed by atoms with Crippen LogP contribution in [0.3, 0.4) is 0 Å². The highest BCUT2D eigenvalue weighted by atomic mass is 16.4. The van der Waals surface area contributed by atoms with Gasteiger partial charge >= 0.3 is 5.97 Å². The molecule has 0 radical (unpaired) electrons. The molecule has 0 spiro atoms. The quantitative estimate of drug-likeness (QED) is 0.270. The van der Waals surface area contributed by atoms with Crippen LogP contribution in [0.1, 0.15) is 58.3 Å². The number of anilines is 2. The van der Waals surface area contributed by atoms with Crippen molar-refractivity contribution in [3.63, 3.8) is 0 Å². The Morgan fingerprint density at radius 1 is 0.657 bits per heavy atom. The molecule has 3 aromatic carbocycles. The number of nitrogen functional groups attached to an aromatic ring is 2. The Morgan fingerprint density at radius 2 is 1.14 bits per heavy atom. The molecule has 0 saturated heterocycles. The summed E-state index contributed by atoms with van der Waals surface area (Å²) in [4.78, 5) is 11.9. The standard InChI is InChI=1S/C27H28N6O2/c28-23-15-22(27(34)35)25(32-30-20-11-9-16-5-1-3-7-18(16)13-20)24(29)26(23)33-31-21-12-10-17-6-2-4-8-19(17)14-21/h9-15H,1-8,28-29H2,(H,34,35). The number of fused-ring (bicyclic) bond motifs is 2. The third kappa shape index (κ3) is 4.77. The van der Waals surface area contributed by atoms with Crippen molar-refractivity contribution in [1.82, 2.24) is 0 Å². The third-order valence-corrected chi connectivity index (χ3v) is 6.76. The number of nitrogens with two attached hydrogens (primary N) is 2. The van der Waals surface area contributed by atoms with E-state index in [1.165, 1.54) is 47.6 Å². The van der Waals surface area contributed by atoms with Gasteiger partial charge in [0.1, 0.15) is 11.4 Å². The fourth-order valence-corrected chi connectivity index (χ4v) is 4.87. The third-order valence-electron chi connectivity index (χ3n) is 6.76. The van der Waals surface area contributed by atoms with E-state index in [0.29, 0.717) is 11.4 Å². The topological polar surface area (TPSA) is 139 Å². The lowest BCUT2D eigenvalue weighted by Crippen LogP contribution is -2.02. The van der Waals surface area contributed by atoms with Crippen LogP contribution in [0.25, 0.3) is 0 Å². The van der Waals surface area contributed by atoms with E-state index in [4.69, 9.17) is 11.5 Å². The molecule has 178 valence electrons. The van der Waals surface area contributed by atoms with Gasteiger partial charge in [-0.15, -0.1) is 10.2 Å². The monoisotopic (exact) mass is 468 g/mol. The smallest absolute Gasteiger partial charge is 0.338 e. The zero-order valence-electron chi connectivity index (χ0n) is 19.5. The summed E-state index contributed by atoms with van der Waals surface area (Å²) in [6.07, 6.45) is 8.92. The molecule has 0 amide bonds. The minimum Gasteiger partial charge on any atom is -0.478 e. The van der Waals surface area contributed by atoms with E-state index < -0.39 is 5.97 Å². The fourth-order valence-electron chi connectivity index (χ4n) is 4.87. The van der Waals surface area contributed by atoms with Gasteiger partial charge < -0.3 is 16.6 Å². The largest absolute Gasteiger partial charge is 0.478 e. The number of aryl methyl sites for hydroxylation is 4. The molecule has 0 saturated carbocycles. The number of benzene rings is 3. The van der Waals surface area contributed by atoms with Gasteiger partial charge in [0.15, 0.2) is 0 Å². The highest BCUT2D eigenvalue weighted by molar-refractivity contribution is 6.02.